The molecule has 0 amide bonds. The van der Waals surface area contributed by atoms with Gasteiger partial charge >= 0.3 is 0 Å². The molecule has 0 fully saturated rings. The molecule has 2 N–H and O–H groups in total. The molecule has 0 spiro atoms. The molecule has 5 nitrogen and oxygen atoms in total. The molecular formula is C14H16N2O3. The highest BCUT2D eigenvalue weighted by Crippen LogP contribution is 2.32. The smallest absolute Gasteiger partial charge is 0.273 e. The van der Waals surface area contributed by atoms with E-state index in [0.717, 1.165) is 11.3 Å². The number of methoxy groups -OCH3 is 2. The van der Waals surface area contributed by atoms with Crippen molar-refractivity contribution in [1.29, 1.82) is 0 Å². The Kier molecular flexibility index (Phi) is 3.46. The molecular weight excluding hydrogens is 244 g/mol. The molecule has 0 aliphatic rings. The summed E-state index contributed by atoms with van der Waals surface area (Å²) in [6, 6.07) is 8.81. The minimum Gasteiger partial charge on any atom is -0.497 e. The molecule has 1 aromatic carbocycles. The molecule has 0 radical (unpaired) electrons. The van der Waals surface area contributed by atoms with Gasteiger partial charge in [-0.1, -0.05) is 0 Å². The van der Waals surface area contributed by atoms with Gasteiger partial charge < -0.3 is 19.8 Å². The normalized spacial score (nSPS) is 10.3. The number of hydrogen-bond acceptors (Lipinski definition) is 4. The van der Waals surface area contributed by atoms with Gasteiger partial charge in [-0.3, -0.25) is 4.79 Å². The number of rotatable bonds is 3. The molecule has 0 aliphatic carbocycles. The van der Waals surface area contributed by atoms with Crippen molar-refractivity contribution in [3.63, 3.8) is 0 Å². The summed E-state index contributed by atoms with van der Waals surface area (Å²) >= 11 is 0. The van der Waals surface area contributed by atoms with Crippen molar-refractivity contribution >= 4 is 5.69 Å². The first kappa shape index (κ1) is 13.0. The minimum absolute atomic E-state index is 0.216. The van der Waals surface area contributed by atoms with Gasteiger partial charge in [0.2, 0.25) is 0 Å². The van der Waals surface area contributed by atoms with E-state index in [1.54, 1.807) is 45.5 Å². The number of anilines is 1. The van der Waals surface area contributed by atoms with E-state index in [1.807, 2.05) is 6.07 Å². The molecule has 0 saturated carbocycles. The van der Waals surface area contributed by atoms with E-state index in [1.165, 1.54) is 4.57 Å². The minimum atomic E-state index is -0.234. The van der Waals surface area contributed by atoms with Crippen molar-refractivity contribution in [2.75, 3.05) is 20.0 Å². The van der Waals surface area contributed by atoms with Gasteiger partial charge in [0.15, 0.2) is 0 Å². The molecule has 0 saturated heterocycles. The summed E-state index contributed by atoms with van der Waals surface area (Å²) in [4.78, 5) is 11.9. The van der Waals surface area contributed by atoms with Crippen molar-refractivity contribution in [3.8, 4) is 22.8 Å². The number of pyridine rings is 1. The van der Waals surface area contributed by atoms with Crippen LogP contribution in [0.1, 0.15) is 0 Å². The predicted octanol–water partition coefficient (Wildman–Crippen LogP) is 1.65. The third-order valence-electron chi connectivity index (χ3n) is 3.02. The number of ether oxygens (including phenoxy) is 2. The van der Waals surface area contributed by atoms with Gasteiger partial charge in [-0.25, -0.2) is 0 Å². The van der Waals surface area contributed by atoms with Crippen LogP contribution in [0.15, 0.2) is 35.1 Å². The second-order valence-electron chi connectivity index (χ2n) is 4.10. The molecule has 5 heteroatoms. The van der Waals surface area contributed by atoms with Crippen molar-refractivity contribution < 1.29 is 9.47 Å². The Morgan fingerprint density at radius 3 is 2.47 bits per heavy atom. The lowest BCUT2D eigenvalue weighted by Crippen LogP contribution is -2.21. The zero-order valence-electron chi connectivity index (χ0n) is 11.1. The van der Waals surface area contributed by atoms with Crippen LogP contribution in [0.25, 0.3) is 11.3 Å². The summed E-state index contributed by atoms with van der Waals surface area (Å²) in [7, 11) is 4.85. The standard InChI is InChI=1S/C14H16N2O3/c1-16-12(6-5-11(15)14(16)17)10-8-9(18-2)4-7-13(10)19-3/h4-8H,15H2,1-3H3. The van der Waals surface area contributed by atoms with Crippen molar-refractivity contribution in [1.82, 2.24) is 4.57 Å². The lowest BCUT2D eigenvalue weighted by Gasteiger charge is -2.14. The maximum atomic E-state index is 11.9. The second-order valence-corrected chi connectivity index (χ2v) is 4.10. The van der Waals surface area contributed by atoms with Crippen LogP contribution in [0.5, 0.6) is 11.5 Å². The first-order valence-electron chi connectivity index (χ1n) is 5.76. The Balaban J connectivity index is 2.70. The summed E-state index contributed by atoms with van der Waals surface area (Å²) in [5.41, 5.74) is 7.08. The molecule has 2 rings (SSSR count). The Morgan fingerprint density at radius 2 is 1.84 bits per heavy atom. The van der Waals surface area contributed by atoms with Crippen molar-refractivity contribution in [2.45, 2.75) is 0 Å². The maximum absolute atomic E-state index is 11.9. The van der Waals surface area contributed by atoms with E-state index in [-0.39, 0.29) is 11.2 Å². The van der Waals surface area contributed by atoms with Crippen LogP contribution in [0.4, 0.5) is 5.69 Å². The predicted molar refractivity (Wildman–Crippen MR) is 74.6 cm³/mol. The van der Waals surface area contributed by atoms with E-state index in [0.29, 0.717) is 11.5 Å². The van der Waals surface area contributed by atoms with Crippen LogP contribution in [0.2, 0.25) is 0 Å². The number of nitrogen functional groups attached to an aromatic ring is 1. The zero-order chi connectivity index (χ0) is 14.0. The molecule has 0 aliphatic heterocycles. The summed E-state index contributed by atoms with van der Waals surface area (Å²) in [6.07, 6.45) is 0. The van der Waals surface area contributed by atoms with Gasteiger partial charge in [0, 0.05) is 12.6 Å². The lowest BCUT2D eigenvalue weighted by atomic mass is 10.1. The highest BCUT2D eigenvalue weighted by molar-refractivity contribution is 5.70. The average Bonchev–Trinajstić information content (AvgIpc) is 2.44. The summed E-state index contributed by atoms with van der Waals surface area (Å²) in [5.74, 6) is 1.36. The van der Waals surface area contributed by atoms with Crippen LogP contribution in [-0.2, 0) is 7.05 Å². The van der Waals surface area contributed by atoms with E-state index in [4.69, 9.17) is 15.2 Å². The largest absolute Gasteiger partial charge is 0.497 e. The monoisotopic (exact) mass is 260 g/mol. The molecule has 0 atom stereocenters. The third-order valence-corrected chi connectivity index (χ3v) is 3.02. The van der Waals surface area contributed by atoms with E-state index < -0.39 is 0 Å². The fourth-order valence-electron chi connectivity index (χ4n) is 1.94. The molecule has 19 heavy (non-hydrogen) atoms. The number of nitrogens with two attached hydrogens (primary N) is 1. The average molecular weight is 260 g/mol. The molecule has 100 valence electrons. The van der Waals surface area contributed by atoms with Gasteiger partial charge in [-0.2, -0.15) is 0 Å². The summed E-state index contributed by atoms with van der Waals surface area (Å²) in [6.45, 7) is 0. The Labute approximate surface area is 111 Å². The SMILES string of the molecule is COc1ccc(OC)c(-c2ccc(N)c(=O)n2C)c1. The zero-order valence-corrected chi connectivity index (χ0v) is 11.1. The van der Waals surface area contributed by atoms with E-state index >= 15 is 0 Å². The maximum Gasteiger partial charge on any atom is 0.273 e. The third kappa shape index (κ3) is 2.27. The Bertz CT molecular complexity index is 662. The highest BCUT2D eigenvalue weighted by Gasteiger charge is 2.12. The van der Waals surface area contributed by atoms with Crippen LogP contribution in [-0.4, -0.2) is 18.8 Å². The van der Waals surface area contributed by atoms with Crippen molar-refractivity contribution in [2.24, 2.45) is 7.05 Å². The molecule has 0 bridgehead atoms. The summed E-state index contributed by atoms with van der Waals surface area (Å²) in [5, 5.41) is 0. The second kappa shape index (κ2) is 5.06. The molecule has 0 unspecified atom stereocenters. The fourth-order valence-corrected chi connectivity index (χ4v) is 1.94. The summed E-state index contributed by atoms with van der Waals surface area (Å²) < 4.78 is 12.0. The quantitative estimate of drug-likeness (QED) is 0.911. The van der Waals surface area contributed by atoms with Gasteiger partial charge in [-0.15, -0.1) is 0 Å². The Hall–Kier alpha value is -2.43. The van der Waals surface area contributed by atoms with E-state index in [2.05, 4.69) is 0 Å². The molecule has 1 heterocycles. The lowest BCUT2D eigenvalue weighted by molar-refractivity contribution is 0.404. The number of hydrogen-bond donors (Lipinski definition) is 1. The highest BCUT2D eigenvalue weighted by atomic mass is 16.5. The van der Waals surface area contributed by atoms with Crippen LogP contribution < -0.4 is 20.8 Å². The first-order valence-corrected chi connectivity index (χ1v) is 5.76. The number of nitrogens with zero attached hydrogens (tertiary/aromatic N) is 1. The van der Waals surface area contributed by atoms with Gasteiger partial charge in [0.1, 0.15) is 11.5 Å². The van der Waals surface area contributed by atoms with Gasteiger partial charge in [0.25, 0.3) is 5.56 Å². The molecule has 1 aromatic heterocycles. The van der Waals surface area contributed by atoms with Crippen molar-refractivity contribution in [3.05, 3.63) is 40.7 Å². The van der Waals surface area contributed by atoms with Gasteiger partial charge in [0.05, 0.1) is 25.6 Å². The van der Waals surface area contributed by atoms with Gasteiger partial charge in [-0.05, 0) is 30.3 Å². The fraction of sp³-hybridized carbons (Fsp3) is 0.214. The van der Waals surface area contributed by atoms with Crippen LogP contribution in [0, 0.1) is 0 Å². The Morgan fingerprint density at radius 1 is 1.11 bits per heavy atom. The number of aromatic nitrogens is 1. The van der Waals surface area contributed by atoms with Crippen LogP contribution >= 0.6 is 0 Å². The van der Waals surface area contributed by atoms with E-state index in [9.17, 15) is 4.79 Å². The molecule has 2 aromatic rings. The first-order chi connectivity index (χ1) is 9.08. The topological polar surface area (TPSA) is 66.5 Å². The van der Waals surface area contributed by atoms with Crippen LogP contribution in [0.3, 0.4) is 0 Å². The number of benzene rings is 1.